The van der Waals surface area contributed by atoms with E-state index in [1.54, 1.807) is 39.8 Å². The Kier molecular flexibility index (Phi) is 7.62. The van der Waals surface area contributed by atoms with Crippen molar-refractivity contribution in [2.24, 2.45) is 0 Å². The van der Waals surface area contributed by atoms with Crippen LogP contribution >= 0.6 is 23.1 Å². The second-order valence-electron chi connectivity index (χ2n) is 8.60. The summed E-state index contributed by atoms with van der Waals surface area (Å²) in [4.78, 5) is 29.2. The molecule has 5 rings (SSSR count). The van der Waals surface area contributed by atoms with Crippen molar-refractivity contribution in [1.82, 2.24) is 15.1 Å². The molecule has 1 atom stereocenters. The normalized spacial score (nSPS) is 15.2. The molecule has 0 saturated heterocycles. The highest BCUT2D eigenvalue weighted by Gasteiger charge is 2.38. The molecule has 0 aliphatic carbocycles. The third-order valence-electron chi connectivity index (χ3n) is 6.13. The van der Waals surface area contributed by atoms with E-state index < -0.39 is 0 Å². The summed E-state index contributed by atoms with van der Waals surface area (Å²) in [6.07, 6.45) is 0.823. The number of rotatable bonds is 8. The molecule has 0 spiro atoms. The van der Waals surface area contributed by atoms with Gasteiger partial charge >= 0.3 is 0 Å². The first-order valence-corrected chi connectivity index (χ1v) is 14.1. The number of benzene rings is 2. The SMILES string of the molecule is CCCNC(=O)CN1C(=O)CS[C@H](c2cccs2)c2c(-c3ccccc3)nn(-c3ccc(OC)cc3)c21. The Morgan fingerprint density at radius 1 is 1.11 bits per heavy atom. The van der Waals surface area contributed by atoms with Gasteiger partial charge in [0.15, 0.2) is 0 Å². The van der Waals surface area contributed by atoms with E-state index in [0.717, 1.165) is 39.6 Å². The fourth-order valence-electron chi connectivity index (χ4n) is 4.36. The van der Waals surface area contributed by atoms with Gasteiger partial charge in [0.1, 0.15) is 18.1 Å². The van der Waals surface area contributed by atoms with E-state index in [1.807, 2.05) is 73.0 Å². The van der Waals surface area contributed by atoms with E-state index in [-0.39, 0.29) is 29.4 Å². The van der Waals surface area contributed by atoms with Crippen LogP contribution in [0.3, 0.4) is 0 Å². The summed E-state index contributed by atoms with van der Waals surface area (Å²) in [6, 6.07) is 21.7. The highest BCUT2D eigenvalue weighted by Crippen LogP contribution is 2.49. The molecule has 2 amide bonds. The lowest BCUT2D eigenvalue weighted by molar-refractivity contribution is -0.122. The Morgan fingerprint density at radius 3 is 2.57 bits per heavy atom. The average Bonchev–Trinajstić information content (AvgIpc) is 3.58. The van der Waals surface area contributed by atoms with Gasteiger partial charge in [0, 0.05) is 22.5 Å². The summed E-state index contributed by atoms with van der Waals surface area (Å²) in [5.41, 5.74) is 3.47. The molecule has 0 unspecified atom stereocenters. The summed E-state index contributed by atoms with van der Waals surface area (Å²) in [7, 11) is 1.63. The smallest absolute Gasteiger partial charge is 0.240 e. The number of hydrogen-bond acceptors (Lipinski definition) is 6. The maximum atomic E-state index is 13.6. The van der Waals surface area contributed by atoms with Gasteiger partial charge in [0.25, 0.3) is 0 Å². The van der Waals surface area contributed by atoms with Crippen molar-refractivity contribution in [1.29, 1.82) is 0 Å². The second-order valence-corrected chi connectivity index (χ2v) is 10.7. The zero-order valence-electron chi connectivity index (χ0n) is 20.7. The van der Waals surface area contributed by atoms with Gasteiger partial charge in [-0.25, -0.2) is 4.68 Å². The predicted octanol–water partition coefficient (Wildman–Crippen LogP) is 5.30. The Bertz CT molecular complexity index is 1370. The Hall–Kier alpha value is -3.56. The quantitative estimate of drug-likeness (QED) is 0.333. The van der Waals surface area contributed by atoms with Crippen LogP contribution < -0.4 is 15.0 Å². The minimum absolute atomic E-state index is 0.0698. The van der Waals surface area contributed by atoms with Gasteiger partial charge in [-0.1, -0.05) is 43.3 Å². The molecule has 2 aromatic carbocycles. The molecule has 0 saturated carbocycles. The third kappa shape index (κ3) is 5.14. The topological polar surface area (TPSA) is 76.5 Å². The van der Waals surface area contributed by atoms with E-state index in [0.29, 0.717) is 12.4 Å². The third-order valence-corrected chi connectivity index (χ3v) is 8.45. The molecule has 9 heteroatoms. The summed E-state index contributed by atoms with van der Waals surface area (Å²) >= 11 is 3.24. The van der Waals surface area contributed by atoms with Crippen molar-refractivity contribution in [3.8, 4) is 22.7 Å². The number of amides is 2. The number of fused-ring (bicyclic) bond motifs is 1. The number of aromatic nitrogens is 2. The van der Waals surface area contributed by atoms with Gasteiger partial charge in [0.05, 0.1) is 29.5 Å². The molecular weight excluding hydrogens is 504 g/mol. The van der Waals surface area contributed by atoms with E-state index in [1.165, 1.54) is 0 Å². The van der Waals surface area contributed by atoms with E-state index >= 15 is 0 Å². The highest BCUT2D eigenvalue weighted by atomic mass is 32.2. The molecular formula is C28H28N4O3S2. The monoisotopic (exact) mass is 532 g/mol. The van der Waals surface area contributed by atoms with Crippen LogP contribution in [0, 0.1) is 0 Å². The average molecular weight is 533 g/mol. The fourth-order valence-corrected chi connectivity index (χ4v) is 6.54. The van der Waals surface area contributed by atoms with Crippen molar-refractivity contribution in [3.05, 3.63) is 82.6 Å². The number of methoxy groups -OCH3 is 1. The standard InChI is InChI=1S/C28H28N4O3S2/c1-3-15-29-23(33)17-31-24(34)18-37-27(22-10-7-16-36-22)25-26(19-8-5-4-6-9-19)30-32(28(25)31)20-11-13-21(35-2)14-12-20/h4-14,16,27H,3,15,17-18H2,1-2H3,(H,29,33)/t27-/m1/s1. The van der Waals surface area contributed by atoms with Gasteiger partial charge in [-0.05, 0) is 42.1 Å². The van der Waals surface area contributed by atoms with Gasteiger partial charge < -0.3 is 10.1 Å². The molecule has 3 heterocycles. The first kappa shape index (κ1) is 25.1. The van der Waals surface area contributed by atoms with Crippen LogP contribution in [-0.4, -0.2) is 47.5 Å². The van der Waals surface area contributed by atoms with Gasteiger partial charge in [-0.15, -0.1) is 23.1 Å². The van der Waals surface area contributed by atoms with E-state index in [2.05, 4.69) is 11.4 Å². The van der Waals surface area contributed by atoms with Crippen molar-refractivity contribution >= 4 is 40.7 Å². The van der Waals surface area contributed by atoms with Gasteiger partial charge in [-0.2, -0.15) is 5.10 Å². The van der Waals surface area contributed by atoms with Crippen molar-refractivity contribution in [2.45, 2.75) is 18.6 Å². The van der Waals surface area contributed by atoms with Gasteiger partial charge in [0.2, 0.25) is 11.8 Å². The molecule has 1 N–H and O–H groups in total. The van der Waals surface area contributed by atoms with Crippen LogP contribution in [0.25, 0.3) is 16.9 Å². The van der Waals surface area contributed by atoms with Crippen LogP contribution in [0.2, 0.25) is 0 Å². The summed E-state index contributed by atoms with van der Waals surface area (Å²) in [5, 5.41) is 9.95. The molecule has 7 nitrogen and oxygen atoms in total. The van der Waals surface area contributed by atoms with Crippen molar-refractivity contribution in [3.63, 3.8) is 0 Å². The number of hydrogen-bond donors (Lipinski definition) is 1. The van der Waals surface area contributed by atoms with Crippen molar-refractivity contribution < 1.29 is 14.3 Å². The Balaban J connectivity index is 1.76. The van der Waals surface area contributed by atoms with Crippen LogP contribution in [0.1, 0.15) is 29.0 Å². The molecule has 0 bridgehead atoms. The van der Waals surface area contributed by atoms with Gasteiger partial charge in [-0.3, -0.25) is 14.5 Å². The summed E-state index contributed by atoms with van der Waals surface area (Å²) in [6.45, 7) is 2.50. The first-order valence-electron chi connectivity index (χ1n) is 12.2. The lowest BCUT2D eigenvalue weighted by Gasteiger charge is -2.23. The molecule has 190 valence electrons. The summed E-state index contributed by atoms with van der Waals surface area (Å²) in [5.74, 6) is 1.30. The zero-order chi connectivity index (χ0) is 25.8. The highest BCUT2D eigenvalue weighted by molar-refractivity contribution is 8.00. The lowest BCUT2D eigenvalue weighted by Crippen LogP contribution is -2.42. The summed E-state index contributed by atoms with van der Waals surface area (Å²) < 4.78 is 7.16. The Morgan fingerprint density at radius 2 is 1.89 bits per heavy atom. The molecule has 1 aliphatic rings. The molecule has 0 radical (unpaired) electrons. The minimum atomic E-state index is -0.190. The molecule has 1 aliphatic heterocycles. The number of thiophene rings is 1. The number of anilines is 1. The second kappa shape index (κ2) is 11.2. The molecule has 4 aromatic rings. The predicted molar refractivity (Wildman–Crippen MR) is 150 cm³/mol. The van der Waals surface area contributed by atoms with Crippen LogP contribution in [0.4, 0.5) is 5.82 Å². The first-order chi connectivity index (χ1) is 18.1. The number of ether oxygens (including phenoxy) is 1. The molecule has 2 aromatic heterocycles. The zero-order valence-corrected chi connectivity index (χ0v) is 22.3. The Labute approximate surface area is 224 Å². The van der Waals surface area contributed by atoms with Crippen LogP contribution in [-0.2, 0) is 9.59 Å². The van der Waals surface area contributed by atoms with E-state index in [9.17, 15) is 9.59 Å². The van der Waals surface area contributed by atoms with Crippen molar-refractivity contribution in [2.75, 3.05) is 30.9 Å². The van der Waals surface area contributed by atoms with Crippen LogP contribution in [0.15, 0.2) is 72.1 Å². The minimum Gasteiger partial charge on any atom is -0.497 e. The molecule has 37 heavy (non-hydrogen) atoms. The lowest BCUT2D eigenvalue weighted by atomic mass is 10.0. The number of thioether (sulfide) groups is 1. The van der Waals surface area contributed by atoms with Crippen LogP contribution in [0.5, 0.6) is 5.75 Å². The maximum Gasteiger partial charge on any atom is 0.240 e. The fraction of sp³-hybridized carbons (Fsp3) is 0.250. The number of carbonyl (C=O) groups is 2. The number of carbonyl (C=O) groups excluding carboxylic acids is 2. The number of nitrogens with one attached hydrogen (secondary N) is 1. The van der Waals surface area contributed by atoms with E-state index in [4.69, 9.17) is 9.84 Å². The largest absolute Gasteiger partial charge is 0.497 e. The number of nitrogens with zero attached hydrogens (tertiary/aromatic N) is 3. The maximum absolute atomic E-state index is 13.6. The molecule has 0 fully saturated rings.